The molecule has 0 radical (unpaired) electrons. The van der Waals surface area contributed by atoms with Gasteiger partial charge in [-0.2, -0.15) is 4.98 Å². The van der Waals surface area contributed by atoms with E-state index in [1.807, 2.05) is 0 Å². The maximum absolute atomic E-state index is 5.37. The Balaban J connectivity index is 2.49. The highest BCUT2D eigenvalue weighted by molar-refractivity contribution is 5.60. The minimum absolute atomic E-state index is 0.302. The van der Waals surface area contributed by atoms with Crippen LogP contribution in [0.25, 0.3) is 11.4 Å². The molecule has 0 N–H and O–H groups in total. The first kappa shape index (κ1) is 8.10. The van der Waals surface area contributed by atoms with E-state index in [1.165, 1.54) is 6.33 Å². The number of fused-ring (bicyclic) bond motifs is 1. The number of aromatic nitrogens is 4. The SMILES string of the molecule is CCC(C)c1nc2ncnnc2o1. The zero-order valence-electron chi connectivity index (χ0n) is 7.56. The van der Waals surface area contributed by atoms with E-state index >= 15 is 0 Å². The number of hydrogen-bond acceptors (Lipinski definition) is 5. The Bertz CT molecular complexity index is 378. The molecule has 1 unspecified atom stereocenters. The Kier molecular flexibility index (Phi) is 1.92. The van der Waals surface area contributed by atoms with Gasteiger partial charge >= 0.3 is 0 Å². The summed E-state index contributed by atoms with van der Waals surface area (Å²) in [5.74, 6) is 0.988. The van der Waals surface area contributed by atoms with Gasteiger partial charge < -0.3 is 4.42 Å². The van der Waals surface area contributed by atoms with Crippen molar-refractivity contribution in [3.63, 3.8) is 0 Å². The molecule has 0 aliphatic heterocycles. The Morgan fingerprint density at radius 2 is 2.38 bits per heavy atom. The van der Waals surface area contributed by atoms with Gasteiger partial charge in [0.25, 0.3) is 5.71 Å². The normalized spacial score (nSPS) is 13.4. The van der Waals surface area contributed by atoms with E-state index in [0.717, 1.165) is 6.42 Å². The summed E-state index contributed by atoms with van der Waals surface area (Å²) in [4.78, 5) is 8.14. The van der Waals surface area contributed by atoms with Crippen molar-refractivity contribution in [1.29, 1.82) is 0 Å². The van der Waals surface area contributed by atoms with E-state index in [4.69, 9.17) is 4.42 Å². The van der Waals surface area contributed by atoms with Crippen LogP contribution in [0.2, 0.25) is 0 Å². The molecule has 5 nitrogen and oxygen atoms in total. The van der Waals surface area contributed by atoms with Crippen LogP contribution < -0.4 is 0 Å². The van der Waals surface area contributed by atoms with Crippen molar-refractivity contribution in [2.75, 3.05) is 0 Å². The topological polar surface area (TPSA) is 64.7 Å². The van der Waals surface area contributed by atoms with Crippen LogP contribution >= 0.6 is 0 Å². The van der Waals surface area contributed by atoms with Crippen LogP contribution in [0, 0.1) is 0 Å². The molecule has 0 bridgehead atoms. The van der Waals surface area contributed by atoms with Crippen molar-refractivity contribution in [3.8, 4) is 0 Å². The van der Waals surface area contributed by atoms with Crippen LogP contribution in [0.1, 0.15) is 32.1 Å². The summed E-state index contributed by atoms with van der Waals surface area (Å²) in [7, 11) is 0. The molecular formula is C8H10N4O. The molecule has 0 aliphatic rings. The van der Waals surface area contributed by atoms with Gasteiger partial charge in [-0.15, -0.1) is 10.2 Å². The van der Waals surface area contributed by atoms with Crippen molar-refractivity contribution in [1.82, 2.24) is 20.2 Å². The maximum Gasteiger partial charge on any atom is 0.285 e. The second-order valence-corrected chi connectivity index (χ2v) is 2.95. The standard InChI is InChI=1S/C8H10N4O/c1-3-5(2)7-11-6-8(13-7)12-10-4-9-6/h4-5H,3H2,1-2H3. The van der Waals surface area contributed by atoms with Gasteiger partial charge in [0.15, 0.2) is 0 Å². The van der Waals surface area contributed by atoms with Crippen LogP contribution in [0.4, 0.5) is 0 Å². The Hall–Kier alpha value is -1.52. The summed E-state index contributed by atoms with van der Waals surface area (Å²) in [6.45, 7) is 4.14. The smallest absolute Gasteiger partial charge is 0.285 e. The molecule has 0 aliphatic carbocycles. The van der Waals surface area contributed by atoms with Gasteiger partial charge in [-0.25, -0.2) is 4.98 Å². The van der Waals surface area contributed by atoms with E-state index in [-0.39, 0.29) is 0 Å². The molecule has 0 saturated heterocycles. The van der Waals surface area contributed by atoms with E-state index in [2.05, 4.69) is 34.0 Å². The molecule has 0 saturated carbocycles. The lowest BCUT2D eigenvalue weighted by atomic mass is 10.1. The molecule has 68 valence electrons. The summed E-state index contributed by atoms with van der Waals surface area (Å²) < 4.78 is 5.37. The molecule has 2 rings (SSSR count). The fraction of sp³-hybridized carbons (Fsp3) is 0.500. The summed E-state index contributed by atoms with van der Waals surface area (Å²) >= 11 is 0. The minimum Gasteiger partial charge on any atom is -0.419 e. The van der Waals surface area contributed by atoms with E-state index in [1.54, 1.807) is 0 Å². The first-order valence-electron chi connectivity index (χ1n) is 4.25. The van der Waals surface area contributed by atoms with Gasteiger partial charge in [-0.3, -0.25) is 0 Å². The highest BCUT2D eigenvalue weighted by atomic mass is 16.4. The van der Waals surface area contributed by atoms with E-state index in [0.29, 0.717) is 23.2 Å². The van der Waals surface area contributed by atoms with Crippen LogP contribution in [0.5, 0.6) is 0 Å². The van der Waals surface area contributed by atoms with Crippen molar-refractivity contribution < 1.29 is 4.42 Å². The monoisotopic (exact) mass is 178 g/mol. The Labute approximate surface area is 75.2 Å². The van der Waals surface area contributed by atoms with Crippen molar-refractivity contribution in [2.24, 2.45) is 0 Å². The lowest BCUT2D eigenvalue weighted by Gasteiger charge is -1.99. The zero-order chi connectivity index (χ0) is 9.26. The van der Waals surface area contributed by atoms with Crippen LogP contribution in [0.15, 0.2) is 10.7 Å². The Morgan fingerprint density at radius 3 is 3.08 bits per heavy atom. The second-order valence-electron chi connectivity index (χ2n) is 2.95. The fourth-order valence-corrected chi connectivity index (χ4v) is 1.01. The molecule has 2 aromatic rings. The third-order valence-corrected chi connectivity index (χ3v) is 2.02. The molecule has 1 atom stereocenters. The van der Waals surface area contributed by atoms with Gasteiger partial charge in [0.2, 0.25) is 11.5 Å². The summed E-state index contributed by atoms with van der Waals surface area (Å²) in [5, 5.41) is 7.39. The molecular weight excluding hydrogens is 168 g/mol. The van der Waals surface area contributed by atoms with Crippen LogP contribution in [0.3, 0.4) is 0 Å². The van der Waals surface area contributed by atoms with Crippen LogP contribution in [-0.2, 0) is 0 Å². The highest BCUT2D eigenvalue weighted by Gasteiger charge is 2.12. The third-order valence-electron chi connectivity index (χ3n) is 2.02. The van der Waals surface area contributed by atoms with Gasteiger partial charge in [0, 0.05) is 5.92 Å². The lowest BCUT2D eigenvalue weighted by molar-refractivity contribution is 0.471. The molecule has 2 heterocycles. The average Bonchev–Trinajstić information content (AvgIpc) is 2.59. The second kappa shape index (κ2) is 3.08. The van der Waals surface area contributed by atoms with E-state index in [9.17, 15) is 0 Å². The average molecular weight is 178 g/mol. The number of rotatable bonds is 2. The van der Waals surface area contributed by atoms with Gasteiger partial charge in [0.1, 0.15) is 6.33 Å². The molecule has 0 spiro atoms. The number of hydrogen-bond donors (Lipinski definition) is 0. The highest BCUT2D eigenvalue weighted by Crippen LogP contribution is 2.19. The van der Waals surface area contributed by atoms with E-state index < -0.39 is 0 Å². The third kappa shape index (κ3) is 1.37. The molecule has 0 aromatic carbocycles. The molecule has 0 amide bonds. The summed E-state index contributed by atoms with van der Waals surface area (Å²) in [5.41, 5.74) is 0.947. The largest absolute Gasteiger partial charge is 0.419 e. The fourth-order valence-electron chi connectivity index (χ4n) is 1.01. The molecule has 5 heteroatoms. The Morgan fingerprint density at radius 1 is 1.54 bits per heavy atom. The number of nitrogens with zero attached hydrogens (tertiary/aromatic N) is 4. The minimum atomic E-state index is 0.302. The van der Waals surface area contributed by atoms with Crippen LogP contribution in [-0.4, -0.2) is 20.2 Å². The first-order chi connectivity index (χ1) is 6.31. The molecule has 2 aromatic heterocycles. The zero-order valence-corrected chi connectivity index (χ0v) is 7.56. The first-order valence-corrected chi connectivity index (χ1v) is 4.25. The number of oxazole rings is 1. The quantitative estimate of drug-likeness (QED) is 0.697. The summed E-state index contributed by atoms with van der Waals surface area (Å²) in [6, 6.07) is 0. The van der Waals surface area contributed by atoms with Gasteiger partial charge in [-0.1, -0.05) is 13.8 Å². The maximum atomic E-state index is 5.37. The van der Waals surface area contributed by atoms with Crippen molar-refractivity contribution >= 4 is 11.4 Å². The van der Waals surface area contributed by atoms with Gasteiger partial charge in [-0.05, 0) is 6.42 Å². The van der Waals surface area contributed by atoms with Crippen molar-refractivity contribution in [3.05, 3.63) is 12.2 Å². The lowest BCUT2D eigenvalue weighted by Crippen LogP contribution is -1.90. The van der Waals surface area contributed by atoms with Crippen molar-refractivity contribution in [2.45, 2.75) is 26.2 Å². The predicted octanol–water partition coefficient (Wildman–Crippen LogP) is 1.53. The summed E-state index contributed by atoms with van der Waals surface area (Å²) in [6.07, 6.45) is 2.35. The molecule has 13 heavy (non-hydrogen) atoms. The predicted molar refractivity (Wildman–Crippen MR) is 46.1 cm³/mol. The molecule has 0 fully saturated rings. The van der Waals surface area contributed by atoms with Gasteiger partial charge in [0.05, 0.1) is 0 Å².